The van der Waals surface area contributed by atoms with E-state index in [0.29, 0.717) is 25.7 Å². The van der Waals surface area contributed by atoms with E-state index in [4.69, 9.17) is 4.74 Å². The van der Waals surface area contributed by atoms with E-state index >= 15 is 0 Å². The van der Waals surface area contributed by atoms with Gasteiger partial charge in [-0.1, -0.05) is 62.8 Å². The molecule has 0 heterocycles. The van der Waals surface area contributed by atoms with E-state index in [1.54, 1.807) is 24.9 Å². The highest BCUT2D eigenvalue weighted by Gasteiger charge is 2.35. The Kier molecular flexibility index (Phi) is 17.0. The molecule has 2 N–H and O–H groups in total. The van der Waals surface area contributed by atoms with Gasteiger partial charge in [0.1, 0.15) is 12.1 Å². The summed E-state index contributed by atoms with van der Waals surface area (Å²) in [7, 11) is 3.19. The van der Waals surface area contributed by atoms with Crippen molar-refractivity contribution in [2.24, 2.45) is 17.8 Å². The third kappa shape index (κ3) is 12.7. The maximum Gasteiger partial charge on any atom is 0.328 e. The molecule has 0 aliphatic heterocycles. The van der Waals surface area contributed by atoms with E-state index < -0.39 is 29.9 Å². The van der Waals surface area contributed by atoms with Gasteiger partial charge in [0.05, 0.1) is 6.61 Å². The van der Waals surface area contributed by atoms with Crippen LogP contribution in [0.5, 0.6) is 0 Å². The van der Waals surface area contributed by atoms with Gasteiger partial charge in [0.15, 0.2) is 0 Å². The predicted molar refractivity (Wildman–Crippen MR) is 164 cm³/mol. The minimum Gasteiger partial charge on any atom is -0.464 e. The van der Waals surface area contributed by atoms with Gasteiger partial charge in [-0.25, -0.2) is 4.79 Å². The highest BCUT2D eigenvalue weighted by atomic mass is 16.5. The zero-order chi connectivity index (χ0) is 30.8. The second-order valence-corrected chi connectivity index (χ2v) is 10.9. The topological polar surface area (TPSA) is 105 Å². The van der Waals surface area contributed by atoms with Gasteiger partial charge in [-0.05, 0) is 63.4 Å². The van der Waals surface area contributed by atoms with Crippen molar-refractivity contribution < 1.29 is 23.9 Å². The van der Waals surface area contributed by atoms with Crippen molar-refractivity contribution in [3.8, 4) is 0 Å². The van der Waals surface area contributed by atoms with Crippen LogP contribution in [0.25, 0.3) is 0 Å². The Morgan fingerprint density at radius 2 is 1.66 bits per heavy atom. The fraction of sp³-hybridized carbons (Fsp3) is 0.576. The van der Waals surface area contributed by atoms with Crippen LogP contribution in [0.15, 0.2) is 55.6 Å². The number of hydrogen-bond donors (Lipinski definition) is 2. The minimum absolute atomic E-state index is 0.0578. The Balaban J connectivity index is 3.24. The van der Waals surface area contributed by atoms with Crippen LogP contribution in [0.1, 0.15) is 71.3 Å². The molecule has 0 aliphatic carbocycles. The lowest BCUT2D eigenvalue weighted by atomic mass is 9.91. The van der Waals surface area contributed by atoms with Crippen LogP contribution in [0.3, 0.4) is 0 Å². The summed E-state index contributed by atoms with van der Waals surface area (Å²) in [5, 5.41) is 5.44. The number of nitrogens with zero attached hydrogens (tertiary/aromatic N) is 1. The molecule has 228 valence electrons. The zero-order valence-corrected chi connectivity index (χ0v) is 25.7. The molecule has 0 bridgehead atoms. The van der Waals surface area contributed by atoms with Crippen molar-refractivity contribution in [1.82, 2.24) is 15.5 Å². The third-order valence-corrected chi connectivity index (χ3v) is 7.17. The van der Waals surface area contributed by atoms with E-state index in [0.717, 1.165) is 24.8 Å². The van der Waals surface area contributed by atoms with E-state index in [9.17, 15) is 19.2 Å². The number of likely N-dealkylation sites (N-methyl/N-ethyl adjacent to an activating group) is 1. The number of hydrogen-bond acceptors (Lipinski definition) is 5. The average molecular weight is 570 g/mol. The maximum absolute atomic E-state index is 13.9. The van der Waals surface area contributed by atoms with Gasteiger partial charge in [-0.3, -0.25) is 14.4 Å². The van der Waals surface area contributed by atoms with Gasteiger partial charge in [-0.15, -0.1) is 13.2 Å². The predicted octanol–water partition coefficient (Wildman–Crippen LogP) is 4.84. The SMILES string of the molecule is C=CCCCCC(Cc1ccccc1)C(=O)N(C)[C@@H](CC(C)C)C(=O)NC(CC(CC=C)C(=O)NC)C(=O)OCC. The molecule has 41 heavy (non-hydrogen) atoms. The molecule has 4 atom stereocenters. The van der Waals surface area contributed by atoms with Crippen molar-refractivity contribution in [2.45, 2.75) is 84.2 Å². The number of nitrogens with one attached hydrogen (secondary N) is 2. The van der Waals surface area contributed by atoms with E-state index in [1.807, 2.05) is 50.3 Å². The molecule has 8 heteroatoms. The number of ether oxygens (including phenoxy) is 1. The molecule has 0 fully saturated rings. The first-order valence-electron chi connectivity index (χ1n) is 14.8. The Morgan fingerprint density at radius 3 is 2.22 bits per heavy atom. The minimum atomic E-state index is -1.04. The van der Waals surface area contributed by atoms with Crippen LogP contribution in [0.2, 0.25) is 0 Å². The van der Waals surface area contributed by atoms with E-state index in [1.165, 1.54) is 7.05 Å². The molecular weight excluding hydrogens is 518 g/mol. The lowest BCUT2D eigenvalue weighted by Gasteiger charge is -2.33. The average Bonchev–Trinajstić information content (AvgIpc) is 2.96. The molecule has 0 saturated carbocycles. The standard InChI is InChI=1S/C33H51N3O5/c1-8-11-12-16-20-27(22-25-18-14-13-15-19-25)32(39)36(7)29(21-24(4)5)31(38)35-28(33(40)41-10-3)23-26(17-9-2)30(37)34-6/h8-9,13-15,18-19,24,26-29H,1-2,10-12,16-17,20-23H2,3-7H3,(H,34,37)(H,35,38)/t26?,27?,28?,29-/m0/s1. The summed E-state index contributed by atoms with van der Waals surface area (Å²) in [5.74, 6) is -2.15. The molecule has 0 aromatic heterocycles. The molecule has 0 spiro atoms. The molecule has 0 saturated heterocycles. The summed E-state index contributed by atoms with van der Waals surface area (Å²) in [6, 6.07) is 8.06. The fourth-order valence-corrected chi connectivity index (χ4v) is 4.94. The van der Waals surface area contributed by atoms with Gasteiger partial charge in [0, 0.05) is 25.9 Å². The summed E-state index contributed by atoms with van der Waals surface area (Å²) in [5.41, 5.74) is 1.07. The number of allylic oxidation sites excluding steroid dienone is 2. The molecule has 3 amide bonds. The second kappa shape index (κ2) is 19.6. The number of benzene rings is 1. The summed E-state index contributed by atoms with van der Waals surface area (Å²) >= 11 is 0. The van der Waals surface area contributed by atoms with Gasteiger partial charge in [0.25, 0.3) is 0 Å². The van der Waals surface area contributed by atoms with Crippen LogP contribution in [0.4, 0.5) is 0 Å². The summed E-state index contributed by atoms with van der Waals surface area (Å²) in [6.45, 7) is 13.3. The Bertz CT molecular complexity index is 978. The van der Waals surface area contributed by atoms with Crippen molar-refractivity contribution in [1.29, 1.82) is 0 Å². The molecule has 0 aliphatic rings. The van der Waals surface area contributed by atoms with Crippen molar-refractivity contribution in [3.05, 3.63) is 61.2 Å². The monoisotopic (exact) mass is 569 g/mol. The number of amides is 3. The Hall–Kier alpha value is -3.42. The summed E-state index contributed by atoms with van der Waals surface area (Å²) < 4.78 is 5.24. The van der Waals surface area contributed by atoms with Gasteiger partial charge >= 0.3 is 5.97 Å². The van der Waals surface area contributed by atoms with Crippen LogP contribution < -0.4 is 10.6 Å². The number of esters is 1. The van der Waals surface area contributed by atoms with Crippen LogP contribution in [-0.4, -0.2) is 61.4 Å². The lowest BCUT2D eigenvalue weighted by molar-refractivity contribution is -0.149. The zero-order valence-electron chi connectivity index (χ0n) is 25.7. The lowest BCUT2D eigenvalue weighted by Crippen LogP contribution is -2.54. The Labute approximate surface area is 247 Å². The number of rotatable bonds is 20. The third-order valence-electron chi connectivity index (χ3n) is 7.17. The molecule has 3 unspecified atom stereocenters. The number of unbranched alkanes of at least 4 members (excludes halogenated alkanes) is 2. The number of carbonyl (C=O) groups excluding carboxylic acids is 4. The van der Waals surface area contributed by atoms with Crippen LogP contribution in [0, 0.1) is 17.8 Å². The van der Waals surface area contributed by atoms with Crippen molar-refractivity contribution in [2.75, 3.05) is 20.7 Å². The largest absolute Gasteiger partial charge is 0.464 e. The molecule has 1 aromatic carbocycles. The molecule has 1 aromatic rings. The van der Waals surface area contributed by atoms with Crippen LogP contribution in [-0.2, 0) is 30.3 Å². The van der Waals surface area contributed by atoms with Gasteiger partial charge in [-0.2, -0.15) is 0 Å². The Morgan fingerprint density at radius 1 is 0.976 bits per heavy atom. The smallest absolute Gasteiger partial charge is 0.328 e. The molecule has 1 rings (SSSR count). The van der Waals surface area contributed by atoms with E-state index in [-0.39, 0.29) is 36.7 Å². The fourth-order valence-electron chi connectivity index (χ4n) is 4.94. The van der Waals surface area contributed by atoms with Crippen molar-refractivity contribution >= 4 is 23.7 Å². The van der Waals surface area contributed by atoms with E-state index in [2.05, 4.69) is 23.8 Å². The highest BCUT2D eigenvalue weighted by molar-refractivity contribution is 5.91. The normalized spacial score (nSPS) is 13.8. The molecular formula is C33H51N3O5. The number of carbonyl (C=O) groups is 4. The molecule has 8 nitrogen and oxygen atoms in total. The highest BCUT2D eigenvalue weighted by Crippen LogP contribution is 2.22. The van der Waals surface area contributed by atoms with Crippen molar-refractivity contribution in [3.63, 3.8) is 0 Å². The maximum atomic E-state index is 13.9. The van der Waals surface area contributed by atoms with Gasteiger partial charge < -0.3 is 20.3 Å². The first-order chi connectivity index (χ1) is 19.6. The second-order valence-electron chi connectivity index (χ2n) is 10.9. The van der Waals surface area contributed by atoms with Gasteiger partial charge in [0.2, 0.25) is 17.7 Å². The van der Waals surface area contributed by atoms with Crippen LogP contribution >= 0.6 is 0 Å². The summed E-state index contributed by atoms with van der Waals surface area (Å²) in [4.78, 5) is 54.6. The quantitative estimate of drug-likeness (QED) is 0.133. The first kappa shape index (κ1) is 35.6. The molecule has 0 radical (unpaired) electrons. The first-order valence-corrected chi connectivity index (χ1v) is 14.8. The summed E-state index contributed by atoms with van der Waals surface area (Å²) in [6.07, 6.45) is 8.29.